The van der Waals surface area contributed by atoms with Gasteiger partial charge in [0.15, 0.2) is 0 Å². The summed E-state index contributed by atoms with van der Waals surface area (Å²) < 4.78 is 11.5. The number of Topliss-reactive ketones (excluding diaryl/α,β-unsaturated/α-hetero) is 1. The van der Waals surface area contributed by atoms with Crippen molar-refractivity contribution in [3.8, 4) is 0 Å². The Labute approximate surface area is 76.2 Å². The summed E-state index contributed by atoms with van der Waals surface area (Å²) in [5.74, 6) is 0.323. The van der Waals surface area contributed by atoms with Gasteiger partial charge in [0.2, 0.25) is 0 Å². The fourth-order valence-corrected chi connectivity index (χ4v) is 3.14. The van der Waals surface area contributed by atoms with Gasteiger partial charge in [0, 0.05) is 16.0 Å². The third-order valence-corrected chi connectivity index (χ3v) is 4.18. The molecule has 0 amide bonds. The van der Waals surface area contributed by atoms with E-state index in [1.165, 1.54) is 26.2 Å². The van der Waals surface area contributed by atoms with E-state index < -0.39 is 10.8 Å². The van der Waals surface area contributed by atoms with E-state index in [0.29, 0.717) is 5.25 Å². The topological polar surface area (TPSA) is 34.1 Å². The van der Waals surface area contributed by atoms with Crippen molar-refractivity contribution in [1.82, 2.24) is 0 Å². The lowest BCUT2D eigenvalue weighted by Crippen LogP contribution is -2.23. The van der Waals surface area contributed by atoms with Crippen LogP contribution in [0.4, 0.5) is 0 Å². The van der Waals surface area contributed by atoms with Crippen LogP contribution in [0, 0.1) is 0 Å². The molecule has 70 valence electrons. The Kier molecular flexibility index (Phi) is 3.92. The molecule has 0 spiro atoms. The first-order valence-electron chi connectivity index (χ1n) is 4.57. The molecule has 2 nitrogen and oxygen atoms in total. The van der Waals surface area contributed by atoms with E-state index in [9.17, 15) is 9.00 Å². The molecule has 0 bridgehead atoms. The van der Waals surface area contributed by atoms with Gasteiger partial charge in [0.25, 0.3) is 0 Å². The molecule has 0 aromatic rings. The average Bonchev–Trinajstić information content (AvgIpc) is 2.05. The first-order valence-corrected chi connectivity index (χ1v) is 5.95. The molecule has 1 aliphatic rings. The molecule has 1 unspecified atom stereocenters. The fourth-order valence-electron chi connectivity index (χ4n) is 1.65. The minimum atomic E-state index is -0.886. The number of ketones is 1. The Balaban J connectivity index is 2.34. The van der Waals surface area contributed by atoms with Crippen molar-refractivity contribution in [2.75, 3.05) is 5.75 Å². The molecule has 3 heteroatoms. The van der Waals surface area contributed by atoms with E-state index in [-0.39, 0.29) is 11.5 Å². The van der Waals surface area contributed by atoms with Gasteiger partial charge in [-0.2, -0.15) is 0 Å². The summed E-state index contributed by atoms with van der Waals surface area (Å²) in [6.07, 6.45) is 5.76. The predicted molar refractivity (Wildman–Crippen MR) is 50.6 cm³/mol. The van der Waals surface area contributed by atoms with E-state index in [1.54, 1.807) is 0 Å². The molecule has 1 aliphatic carbocycles. The molecule has 0 aromatic carbocycles. The Morgan fingerprint density at radius 1 is 1.33 bits per heavy atom. The van der Waals surface area contributed by atoms with Gasteiger partial charge in [0.1, 0.15) is 5.78 Å². The van der Waals surface area contributed by atoms with Crippen LogP contribution < -0.4 is 0 Å². The molecule has 1 fully saturated rings. The Morgan fingerprint density at radius 3 is 2.42 bits per heavy atom. The lowest BCUT2D eigenvalue weighted by atomic mass is 10.0. The van der Waals surface area contributed by atoms with Crippen LogP contribution in [0.25, 0.3) is 0 Å². The van der Waals surface area contributed by atoms with E-state index in [2.05, 4.69) is 0 Å². The standard InChI is InChI=1S/C9H16O2S/c1-8(10)7-12(11)9-5-3-2-4-6-9/h9H,2-7H2,1H3. The Hall–Kier alpha value is -0.180. The SMILES string of the molecule is CC(=O)CS(=O)C1CCCCC1. The summed E-state index contributed by atoms with van der Waals surface area (Å²) in [7, 11) is -0.886. The smallest absolute Gasteiger partial charge is 0.142 e. The van der Waals surface area contributed by atoms with Crippen molar-refractivity contribution >= 4 is 16.6 Å². The Bertz CT molecular complexity index is 183. The van der Waals surface area contributed by atoms with Crippen molar-refractivity contribution < 1.29 is 9.00 Å². The average molecular weight is 188 g/mol. The maximum atomic E-state index is 11.5. The van der Waals surface area contributed by atoms with Crippen molar-refractivity contribution in [3.05, 3.63) is 0 Å². The zero-order valence-electron chi connectivity index (χ0n) is 7.54. The van der Waals surface area contributed by atoms with Gasteiger partial charge in [-0.15, -0.1) is 0 Å². The molecule has 0 aliphatic heterocycles. The minimum absolute atomic E-state index is 0.0545. The van der Waals surface area contributed by atoms with Crippen LogP contribution in [-0.2, 0) is 15.6 Å². The molecule has 12 heavy (non-hydrogen) atoms. The number of carbonyl (C=O) groups is 1. The highest BCUT2D eigenvalue weighted by Crippen LogP contribution is 2.21. The summed E-state index contributed by atoms with van der Waals surface area (Å²) in [6, 6.07) is 0. The van der Waals surface area contributed by atoms with Gasteiger partial charge in [-0.1, -0.05) is 19.3 Å². The summed E-state index contributed by atoms with van der Waals surface area (Å²) in [6.45, 7) is 1.51. The lowest BCUT2D eigenvalue weighted by Gasteiger charge is -2.20. The van der Waals surface area contributed by atoms with Crippen molar-refractivity contribution in [1.29, 1.82) is 0 Å². The summed E-state index contributed by atoms with van der Waals surface area (Å²) in [5, 5.41) is 0.308. The second-order valence-corrected chi connectivity index (χ2v) is 5.20. The van der Waals surface area contributed by atoms with Gasteiger partial charge in [0.05, 0.1) is 5.75 Å². The zero-order chi connectivity index (χ0) is 8.97. The zero-order valence-corrected chi connectivity index (χ0v) is 8.36. The molecule has 1 atom stereocenters. The van der Waals surface area contributed by atoms with Gasteiger partial charge >= 0.3 is 0 Å². The fraction of sp³-hybridized carbons (Fsp3) is 0.889. The molecule has 0 saturated heterocycles. The second kappa shape index (κ2) is 4.75. The van der Waals surface area contributed by atoms with E-state index in [0.717, 1.165) is 12.8 Å². The molecule has 1 saturated carbocycles. The largest absolute Gasteiger partial charge is 0.299 e. The molecule has 0 radical (unpaired) electrons. The minimum Gasteiger partial charge on any atom is -0.299 e. The van der Waals surface area contributed by atoms with Crippen LogP contribution in [0.3, 0.4) is 0 Å². The maximum Gasteiger partial charge on any atom is 0.142 e. The van der Waals surface area contributed by atoms with Crippen molar-refractivity contribution in [3.63, 3.8) is 0 Å². The van der Waals surface area contributed by atoms with Crippen molar-refractivity contribution in [2.45, 2.75) is 44.3 Å². The molecular weight excluding hydrogens is 172 g/mol. The molecule has 0 N–H and O–H groups in total. The maximum absolute atomic E-state index is 11.5. The first-order chi connectivity index (χ1) is 5.70. The molecular formula is C9H16O2S. The van der Waals surface area contributed by atoms with E-state index in [1.807, 2.05) is 0 Å². The van der Waals surface area contributed by atoms with Crippen molar-refractivity contribution in [2.24, 2.45) is 0 Å². The van der Waals surface area contributed by atoms with Crippen LogP contribution in [0.5, 0.6) is 0 Å². The van der Waals surface area contributed by atoms with Gasteiger partial charge in [-0.3, -0.25) is 9.00 Å². The molecule has 1 rings (SSSR count). The highest BCUT2D eigenvalue weighted by molar-refractivity contribution is 7.86. The highest BCUT2D eigenvalue weighted by Gasteiger charge is 2.20. The third-order valence-electron chi connectivity index (χ3n) is 2.27. The predicted octanol–water partition coefficient (Wildman–Crippen LogP) is 1.66. The van der Waals surface area contributed by atoms with Gasteiger partial charge in [-0.05, 0) is 19.8 Å². The van der Waals surface area contributed by atoms with Crippen LogP contribution in [0.2, 0.25) is 0 Å². The first kappa shape index (κ1) is 9.90. The van der Waals surface area contributed by atoms with E-state index in [4.69, 9.17) is 0 Å². The monoisotopic (exact) mass is 188 g/mol. The summed E-state index contributed by atoms with van der Waals surface area (Å²) >= 11 is 0. The second-order valence-electron chi connectivity index (χ2n) is 3.49. The van der Waals surface area contributed by atoms with Crippen LogP contribution >= 0.6 is 0 Å². The lowest BCUT2D eigenvalue weighted by molar-refractivity contribution is -0.114. The summed E-state index contributed by atoms with van der Waals surface area (Å²) in [4.78, 5) is 10.7. The quantitative estimate of drug-likeness (QED) is 0.675. The molecule has 0 heterocycles. The van der Waals surface area contributed by atoms with Crippen LogP contribution in [0.1, 0.15) is 39.0 Å². The number of rotatable bonds is 3. The van der Waals surface area contributed by atoms with Crippen LogP contribution in [-0.4, -0.2) is 21.0 Å². The normalized spacial score (nSPS) is 22.1. The van der Waals surface area contributed by atoms with Gasteiger partial charge in [-0.25, -0.2) is 0 Å². The number of carbonyl (C=O) groups excluding carboxylic acids is 1. The van der Waals surface area contributed by atoms with Gasteiger partial charge < -0.3 is 0 Å². The highest BCUT2D eigenvalue weighted by atomic mass is 32.2. The third kappa shape index (κ3) is 3.05. The number of hydrogen-bond acceptors (Lipinski definition) is 2. The Morgan fingerprint density at radius 2 is 1.92 bits per heavy atom. The number of hydrogen-bond donors (Lipinski definition) is 0. The summed E-state index contributed by atoms with van der Waals surface area (Å²) in [5.41, 5.74) is 0. The van der Waals surface area contributed by atoms with Crippen LogP contribution in [0.15, 0.2) is 0 Å². The molecule has 0 aromatic heterocycles. The van der Waals surface area contributed by atoms with E-state index >= 15 is 0 Å².